The van der Waals surface area contributed by atoms with Gasteiger partial charge >= 0.3 is 0 Å². The van der Waals surface area contributed by atoms with Gasteiger partial charge in [-0.25, -0.2) is 4.98 Å². The molecule has 9 nitrogen and oxygen atoms in total. The summed E-state index contributed by atoms with van der Waals surface area (Å²) in [4.78, 5) is 11.0. The first-order valence-electron chi connectivity index (χ1n) is 12.3. The smallest absolute Gasteiger partial charge is 0.241 e. The summed E-state index contributed by atoms with van der Waals surface area (Å²) < 4.78 is 13.5. The molecule has 2 heterocycles. The van der Waals surface area contributed by atoms with E-state index >= 15 is 0 Å². The van der Waals surface area contributed by atoms with Crippen molar-refractivity contribution in [2.75, 3.05) is 26.9 Å². The maximum Gasteiger partial charge on any atom is 0.241 e. The second-order valence-electron chi connectivity index (χ2n) is 9.02. The Labute approximate surface area is 216 Å². The third-order valence-corrected chi connectivity index (χ3v) is 6.33. The average molecular weight is 507 g/mol. The van der Waals surface area contributed by atoms with Gasteiger partial charge < -0.3 is 29.4 Å². The second-order valence-corrected chi connectivity index (χ2v) is 9.02. The van der Waals surface area contributed by atoms with Gasteiger partial charge in [0.2, 0.25) is 5.88 Å². The predicted octanol–water partition coefficient (Wildman–Crippen LogP) is 2.58. The highest BCUT2D eigenvalue weighted by Crippen LogP contribution is 2.28. The molecule has 0 saturated heterocycles. The van der Waals surface area contributed by atoms with Crippen molar-refractivity contribution in [2.24, 2.45) is 5.92 Å². The van der Waals surface area contributed by atoms with Crippen molar-refractivity contribution in [1.82, 2.24) is 19.4 Å². The number of aliphatic hydroxyl groups is 3. The molecule has 0 aliphatic carbocycles. The van der Waals surface area contributed by atoms with E-state index in [2.05, 4.69) is 14.9 Å². The number of hydrogen-bond acceptors (Lipinski definition) is 8. The van der Waals surface area contributed by atoms with Crippen LogP contribution in [0.2, 0.25) is 0 Å². The van der Waals surface area contributed by atoms with Crippen LogP contribution < -0.4 is 4.74 Å². The fourth-order valence-corrected chi connectivity index (χ4v) is 4.42. The van der Waals surface area contributed by atoms with Crippen molar-refractivity contribution in [3.05, 3.63) is 89.9 Å². The number of rotatable bonds is 14. The van der Waals surface area contributed by atoms with Crippen LogP contribution in [0.4, 0.5) is 0 Å². The highest BCUT2D eigenvalue weighted by molar-refractivity contribution is 5.83. The van der Waals surface area contributed by atoms with Crippen molar-refractivity contribution in [2.45, 2.75) is 32.5 Å². The number of fused-ring (bicyclic) bond motifs is 1. The molecule has 0 unspecified atom stereocenters. The molecule has 2 aromatic carbocycles. The van der Waals surface area contributed by atoms with Gasteiger partial charge in [-0.3, -0.25) is 4.90 Å². The zero-order valence-electron chi connectivity index (χ0n) is 21.0. The molecule has 4 rings (SSSR count). The second kappa shape index (κ2) is 13.3. The molecule has 0 fully saturated rings. The van der Waals surface area contributed by atoms with Crippen molar-refractivity contribution in [1.29, 1.82) is 0 Å². The lowest BCUT2D eigenvalue weighted by atomic mass is 10.0. The standard InChI is InChI=1S/C28H34N4O5/c1-36-28-27-26(29-19-30-28)23(15-32(27)20-37-18-22-10-6-3-7-11-22)13-31(12-21-8-4-2-5-9-21)14-24(16-33)25(35)17-34/h2-11,15,19,24-25,33-35H,12-14,16-18,20H2,1H3/t24-,25+/m1/s1. The molecule has 0 aliphatic rings. The van der Waals surface area contributed by atoms with Crippen LogP contribution in [0.15, 0.2) is 73.2 Å². The van der Waals surface area contributed by atoms with Crippen LogP contribution in [0.1, 0.15) is 16.7 Å². The molecule has 2 aromatic heterocycles. The Morgan fingerprint density at radius 1 is 0.919 bits per heavy atom. The topological polar surface area (TPSA) is 113 Å². The minimum Gasteiger partial charge on any atom is -0.479 e. The molecule has 0 aliphatic heterocycles. The number of nitrogens with zero attached hydrogens (tertiary/aromatic N) is 4. The minimum atomic E-state index is -1.02. The zero-order valence-corrected chi connectivity index (χ0v) is 21.0. The zero-order chi connectivity index (χ0) is 26.0. The van der Waals surface area contributed by atoms with Gasteiger partial charge in [0.05, 0.1) is 26.4 Å². The Balaban J connectivity index is 1.61. The molecule has 37 heavy (non-hydrogen) atoms. The molecular formula is C28H34N4O5. The molecule has 0 bridgehead atoms. The van der Waals surface area contributed by atoms with Crippen molar-refractivity contribution in [3.8, 4) is 5.88 Å². The van der Waals surface area contributed by atoms with E-state index < -0.39 is 18.6 Å². The maximum absolute atomic E-state index is 10.2. The summed E-state index contributed by atoms with van der Waals surface area (Å²) in [6.45, 7) is 1.57. The molecule has 196 valence electrons. The lowest BCUT2D eigenvalue weighted by Crippen LogP contribution is -2.38. The first kappa shape index (κ1) is 26.7. The van der Waals surface area contributed by atoms with Crippen LogP contribution in [-0.2, 0) is 31.2 Å². The lowest BCUT2D eigenvalue weighted by Gasteiger charge is -2.28. The Morgan fingerprint density at radius 3 is 2.27 bits per heavy atom. The number of aliphatic hydroxyl groups excluding tert-OH is 3. The SMILES string of the molecule is COc1ncnc2c(CN(Cc3ccccc3)C[C@H](CO)[C@@H](O)CO)cn(COCc3ccccc3)c12. The first-order chi connectivity index (χ1) is 18.1. The van der Waals surface area contributed by atoms with Crippen LogP contribution in [0.3, 0.4) is 0 Å². The van der Waals surface area contributed by atoms with Crippen molar-refractivity contribution < 1.29 is 24.8 Å². The van der Waals surface area contributed by atoms with Gasteiger partial charge in [-0.15, -0.1) is 0 Å². The Kier molecular flexibility index (Phi) is 9.58. The van der Waals surface area contributed by atoms with Gasteiger partial charge in [-0.2, -0.15) is 4.98 Å². The van der Waals surface area contributed by atoms with Crippen LogP contribution in [0, 0.1) is 5.92 Å². The highest BCUT2D eigenvalue weighted by Gasteiger charge is 2.23. The minimum absolute atomic E-state index is 0.238. The number of hydrogen-bond donors (Lipinski definition) is 3. The summed E-state index contributed by atoms with van der Waals surface area (Å²) in [6.07, 6.45) is 2.45. The monoisotopic (exact) mass is 506 g/mol. The number of benzene rings is 2. The van der Waals surface area contributed by atoms with Gasteiger partial charge in [0, 0.05) is 43.9 Å². The van der Waals surface area contributed by atoms with E-state index in [-0.39, 0.29) is 13.3 Å². The molecule has 9 heteroatoms. The van der Waals surface area contributed by atoms with Crippen molar-refractivity contribution >= 4 is 11.0 Å². The maximum atomic E-state index is 10.2. The molecule has 0 amide bonds. The summed E-state index contributed by atoms with van der Waals surface area (Å²) in [6, 6.07) is 20.0. The largest absolute Gasteiger partial charge is 0.479 e. The molecular weight excluding hydrogens is 472 g/mol. The predicted molar refractivity (Wildman–Crippen MR) is 140 cm³/mol. The summed E-state index contributed by atoms with van der Waals surface area (Å²) in [5.74, 6) is -0.0430. The Bertz CT molecular complexity index is 1240. The average Bonchev–Trinajstić information content (AvgIpc) is 3.29. The third kappa shape index (κ3) is 6.91. The molecule has 3 N–H and O–H groups in total. The number of methoxy groups -OCH3 is 1. The molecule has 0 saturated carbocycles. The lowest BCUT2D eigenvalue weighted by molar-refractivity contribution is 0.00445. The van der Waals surface area contributed by atoms with Gasteiger partial charge in [-0.1, -0.05) is 60.7 Å². The summed E-state index contributed by atoms with van der Waals surface area (Å²) in [7, 11) is 1.58. The van der Waals surface area contributed by atoms with Gasteiger partial charge in [-0.05, 0) is 11.1 Å². The van der Waals surface area contributed by atoms with E-state index in [1.54, 1.807) is 7.11 Å². The van der Waals surface area contributed by atoms with E-state index in [4.69, 9.17) is 9.47 Å². The number of ether oxygens (including phenoxy) is 2. The van der Waals surface area contributed by atoms with Crippen LogP contribution in [0.5, 0.6) is 5.88 Å². The van der Waals surface area contributed by atoms with Gasteiger partial charge in [0.15, 0.2) is 0 Å². The van der Waals surface area contributed by atoms with E-state index in [9.17, 15) is 15.3 Å². The fourth-order valence-electron chi connectivity index (χ4n) is 4.42. The van der Waals surface area contributed by atoms with Crippen LogP contribution >= 0.6 is 0 Å². The third-order valence-electron chi connectivity index (χ3n) is 6.33. The number of aromatic nitrogens is 3. The summed E-state index contributed by atoms with van der Waals surface area (Å²) in [5, 5.41) is 29.6. The quantitative estimate of drug-likeness (QED) is 0.239. The Morgan fingerprint density at radius 2 is 1.62 bits per heavy atom. The first-order valence-corrected chi connectivity index (χ1v) is 12.3. The molecule has 2 atom stereocenters. The van der Waals surface area contributed by atoms with Crippen LogP contribution in [-0.4, -0.2) is 67.7 Å². The molecule has 0 spiro atoms. The summed E-state index contributed by atoms with van der Waals surface area (Å²) >= 11 is 0. The van der Waals surface area contributed by atoms with E-state index in [0.29, 0.717) is 32.1 Å². The Hall–Kier alpha value is -3.34. The van der Waals surface area contributed by atoms with E-state index in [1.165, 1.54) is 6.33 Å². The normalized spacial score (nSPS) is 13.2. The highest BCUT2D eigenvalue weighted by atomic mass is 16.5. The van der Waals surface area contributed by atoms with Gasteiger partial charge in [0.25, 0.3) is 0 Å². The molecule has 0 radical (unpaired) electrons. The van der Waals surface area contributed by atoms with Crippen LogP contribution in [0.25, 0.3) is 11.0 Å². The van der Waals surface area contributed by atoms with E-state index in [1.807, 2.05) is 71.4 Å². The fraction of sp³-hybridized carbons (Fsp3) is 0.357. The van der Waals surface area contributed by atoms with Crippen molar-refractivity contribution in [3.63, 3.8) is 0 Å². The summed E-state index contributed by atoms with van der Waals surface area (Å²) in [5.41, 5.74) is 4.59. The van der Waals surface area contributed by atoms with Gasteiger partial charge in [0.1, 0.15) is 24.1 Å². The molecule has 4 aromatic rings. The van der Waals surface area contributed by atoms with E-state index in [0.717, 1.165) is 27.7 Å².